The van der Waals surface area contributed by atoms with E-state index in [0.29, 0.717) is 16.5 Å². The molecule has 5 aromatic rings. The van der Waals surface area contributed by atoms with E-state index in [9.17, 15) is 9.90 Å². The van der Waals surface area contributed by atoms with Crippen molar-refractivity contribution in [3.63, 3.8) is 0 Å². The van der Waals surface area contributed by atoms with Crippen LogP contribution in [-0.4, -0.2) is 44.8 Å². The van der Waals surface area contributed by atoms with Gasteiger partial charge < -0.3 is 14.7 Å². The number of pyridine rings is 2. The maximum atomic E-state index is 13.3. The number of nitrogens with zero attached hydrogens (tertiary/aromatic N) is 7. The molecule has 0 saturated carbocycles. The van der Waals surface area contributed by atoms with Gasteiger partial charge in [-0.3, -0.25) is 9.78 Å². The predicted molar refractivity (Wildman–Crippen MR) is 124 cm³/mol. The zero-order chi connectivity index (χ0) is 23.2. The molecule has 0 bridgehead atoms. The number of aryl methyl sites for hydroxylation is 1. The first kappa shape index (κ1) is 20.3. The molecule has 4 aromatic heterocycles. The summed E-state index contributed by atoms with van der Waals surface area (Å²) < 4.78 is 3.32. The molecule has 168 valence electrons. The van der Waals surface area contributed by atoms with Crippen molar-refractivity contribution in [3.8, 4) is 34.0 Å². The highest BCUT2D eigenvalue weighted by atomic mass is 35.5. The minimum absolute atomic E-state index is 0.0958. The van der Waals surface area contributed by atoms with Crippen LogP contribution in [0.1, 0.15) is 24.0 Å². The fourth-order valence-electron chi connectivity index (χ4n) is 4.40. The van der Waals surface area contributed by atoms with Gasteiger partial charge in [-0.1, -0.05) is 11.6 Å². The third-order valence-corrected chi connectivity index (χ3v) is 6.17. The highest BCUT2D eigenvalue weighted by Gasteiger charge is 2.28. The van der Waals surface area contributed by atoms with Gasteiger partial charge in [-0.2, -0.15) is 4.68 Å². The number of aromatic amines is 1. The van der Waals surface area contributed by atoms with Gasteiger partial charge in [0.15, 0.2) is 0 Å². The van der Waals surface area contributed by atoms with Crippen molar-refractivity contribution in [2.24, 2.45) is 0 Å². The highest BCUT2D eigenvalue weighted by molar-refractivity contribution is 6.31. The Kier molecular flexibility index (Phi) is 4.73. The molecule has 1 aliphatic heterocycles. The minimum Gasteiger partial charge on any atom is -0.506 e. The molecule has 1 aliphatic rings. The molecule has 0 fully saturated rings. The van der Waals surface area contributed by atoms with Gasteiger partial charge in [-0.05, 0) is 65.2 Å². The predicted octanol–water partition coefficient (Wildman–Crippen LogP) is 3.17. The Morgan fingerprint density at radius 1 is 1.09 bits per heavy atom. The smallest absolute Gasteiger partial charge is 0.252 e. The van der Waals surface area contributed by atoms with Crippen molar-refractivity contribution < 1.29 is 5.11 Å². The van der Waals surface area contributed by atoms with Crippen molar-refractivity contribution in [1.29, 1.82) is 0 Å². The van der Waals surface area contributed by atoms with Gasteiger partial charge in [0.25, 0.3) is 5.56 Å². The topological polar surface area (TPSA) is 127 Å². The van der Waals surface area contributed by atoms with E-state index in [1.165, 1.54) is 12.5 Å². The molecule has 6 rings (SSSR count). The van der Waals surface area contributed by atoms with E-state index in [4.69, 9.17) is 11.6 Å². The van der Waals surface area contributed by atoms with Gasteiger partial charge in [0, 0.05) is 22.3 Å². The molecule has 0 amide bonds. The third-order valence-electron chi connectivity index (χ3n) is 5.93. The highest BCUT2D eigenvalue weighted by Crippen LogP contribution is 2.34. The first-order valence-corrected chi connectivity index (χ1v) is 10.9. The SMILES string of the molecule is O=c1cc(-c2cc(Cl)ccc2-n2cnnn2)cc2n1[C@H](c1ncc(-c3ccc(O)cn3)[nH]1)CC2. The number of hydrogen-bond donors (Lipinski definition) is 2. The summed E-state index contributed by atoms with van der Waals surface area (Å²) in [6.45, 7) is 0. The fraction of sp³-hybridized carbons (Fsp3) is 0.130. The van der Waals surface area contributed by atoms with Crippen LogP contribution in [0, 0.1) is 0 Å². The number of aromatic hydroxyl groups is 1. The van der Waals surface area contributed by atoms with Gasteiger partial charge >= 0.3 is 0 Å². The molecule has 0 radical (unpaired) electrons. The second-order valence-corrected chi connectivity index (χ2v) is 8.43. The number of aromatic nitrogens is 8. The van der Waals surface area contributed by atoms with Gasteiger partial charge in [0.05, 0.1) is 35.5 Å². The van der Waals surface area contributed by atoms with Crippen molar-refractivity contribution in [2.75, 3.05) is 0 Å². The molecule has 0 aliphatic carbocycles. The summed E-state index contributed by atoms with van der Waals surface area (Å²) in [6.07, 6.45) is 6.04. The molecule has 0 saturated heterocycles. The molecule has 2 N–H and O–H groups in total. The number of rotatable bonds is 4. The summed E-state index contributed by atoms with van der Waals surface area (Å²) in [7, 11) is 0. The summed E-state index contributed by atoms with van der Waals surface area (Å²) in [4.78, 5) is 25.3. The average molecular weight is 473 g/mol. The van der Waals surface area contributed by atoms with Crippen LogP contribution in [-0.2, 0) is 6.42 Å². The molecule has 10 nitrogen and oxygen atoms in total. The third kappa shape index (κ3) is 3.44. The second kappa shape index (κ2) is 7.92. The number of benzene rings is 1. The molecule has 1 atom stereocenters. The Labute approximate surface area is 197 Å². The van der Waals surface area contributed by atoms with E-state index in [0.717, 1.165) is 41.0 Å². The Bertz CT molecular complexity index is 1560. The Morgan fingerprint density at radius 3 is 2.79 bits per heavy atom. The maximum Gasteiger partial charge on any atom is 0.252 e. The normalized spacial score (nSPS) is 14.9. The first-order chi connectivity index (χ1) is 16.6. The van der Waals surface area contributed by atoms with Crippen molar-refractivity contribution in [2.45, 2.75) is 18.9 Å². The van der Waals surface area contributed by atoms with Crippen molar-refractivity contribution >= 4 is 11.6 Å². The summed E-state index contributed by atoms with van der Waals surface area (Å²) in [5, 5.41) is 21.4. The average Bonchev–Trinajstić information content (AvgIpc) is 3.60. The van der Waals surface area contributed by atoms with Crippen molar-refractivity contribution in [3.05, 3.63) is 88.1 Å². The van der Waals surface area contributed by atoms with Crippen LogP contribution in [0.5, 0.6) is 5.75 Å². The summed E-state index contributed by atoms with van der Waals surface area (Å²) in [5.41, 5.74) is 4.41. The van der Waals surface area contributed by atoms with E-state index in [2.05, 4.69) is 30.5 Å². The van der Waals surface area contributed by atoms with E-state index >= 15 is 0 Å². The largest absolute Gasteiger partial charge is 0.506 e. The molecule has 0 spiro atoms. The molecule has 5 heterocycles. The molecular formula is C23H17ClN8O2. The van der Waals surface area contributed by atoms with Gasteiger partial charge in [0.2, 0.25) is 0 Å². The monoisotopic (exact) mass is 472 g/mol. The first-order valence-electron chi connectivity index (χ1n) is 10.6. The maximum absolute atomic E-state index is 13.3. The van der Waals surface area contributed by atoms with Crippen LogP contribution in [0.4, 0.5) is 0 Å². The standard InChI is InChI=1S/C23H17ClN8O2/c24-14-1-5-20(31-12-27-29-30-31)17(9-14)13-7-15-2-6-21(32(15)22(34)8-13)23-26-11-19(28-23)18-4-3-16(33)10-25-18/h1,3-5,7-12,21,33H,2,6H2,(H,26,28)/t21-/m0/s1. The quantitative estimate of drug-likeness (QED) is 0.411. The summed E-state index contributed by atoms with van der Waals surface area (Å²) >= 11 is 6.27. The number of halogens is 1. The number of hydrogen-bond acceptors (Lipinski definition) is 7. The Morgan fingerprint density at radius 2 is 2.00 bits per heavy atom. The van der Waals surface area contributed by atoms with Crippen molar-refractivity contribution in [1.82, 2.24) is 39.7 Å². The van der Waals surface area contributed by atoms with Crippen LogP contribution in [0.25, 0.3) is 28.2 Å². The molecular weight excluding hydrogens is 456 g/mol. The second-order valence-electron chi connectivity index (χ2n) is 8.00. The lowest BCUT2D eigenvalue weighted by molar-refractivity contribution is 0.473. The summed E-state index contributed by atoms with van der Waals surface area (Å²) in [6, 6.07) is 12.1. The van der Waals surface area contributed by atoms with Crippen LogP contribution in [0.3, 0.4) is 0 Å². The van der Waals surface area contributed by atoms with Gasteiger partial charge in [0.1, 0.15) is 17.9 Å². The molecule has 11 heteroatoms. The number of imidazole rings is 1. The number of fused-ring (bicyclic) bond motifs is 1. The van der Waals surface area contributed by atoms with Crippen LogP contribution in [0.2, 0.25) is 5.02 Å². The lowest BCUT2D eigenvalue weighted by atomic mass is 10.0. The lowest BCUT2D eigenvalue weighted by Crippen LogP contribution is -2.23. The number of nitrogens with one attached hydrogen (secondary N) is 1. The fourth-order valence-corrected chi connectivity index (χ4v) is 4.57. The van der Waals surface area contributed by atoms with Crippen LogP contribution >= 0.6 is 11.6 Å². The molecule has 34 heavy (non-hydrogen) atoms. The van der Waals surface area contributed by atoms with E-state index in [-0.39, 0.29) is 17.4 Å². The van der Waals surface area contributed by atoms with Gasteiger partial charge in [-0.15, -0.1) is 5.10 Å². The van der Waals surface area contributed by atoms with E-state index in [1.54, 1.807) is 45.8 Å². The Balaban J connectivity index is 1.39. The lowest BCUT2D eigenvalue weighted by Gasteiger charge is -2.15. The van der Waals surface area contributed by atoms with E-state index in [1.807, 2.05) is 12.1 Å². The summed E-state index contributed by atoms with van der Waals surface area (Å²) in [5.74, 6) is 0.786. The Hall–Kier alpha value is -4.31. The molecule has 0 unspecified atom stereocenters. The minimum atomic E-state index is -0.208. The zero-order valence-electron chi connectivity index (χ0n) is 17.6. The van der Waals surface area contributed by atoms with Gasteiger partial charge in [-0.25, -0.2) is 4.98 Å². The zero-order valence-corrected chi connectivity index (χ0v) is 18.4. The van der Waals surface area contributed by atoms with Crippen LogP contribution in [0.15, 0.2) is 66.0 Å². The number of tetrazole rings is 1. The number of H-pyrrole nitrogens is 1. The molecule has 1 aromatic carbocycles. The van der Waals surface area contributed by atoms with E-state index < -0.39 is 0 Å². The van der Waals surface area contributed by atoms with Crippen LogP contribution < -0.4 is 5.56 Å².